The monoisotopic (exact) mass is 105 g/mol. The lowest BCUT2D eigenvalue weighted by Crippen LogP contribution is -2.20. The maximum atomic E-state index is 9.93. The molecule has 42 valence electrons. The van der Waals surface area contributed by atoms with Crippen LogP contribution in [0, 0.1) is 5.21 Å². The van der Waals surface area contributed by atoms with Crippen LogP contribution in [0.4, 0.5) is 0 Å². The first kappa shape index (κ1) is 6.16. The molecule has 0 aromatic heterocycles. The van der Waals surface area contributed by atoms with Crippen LogP contribution in [-0.4, -0.2) is 19.1 Å². The second-order valence-corrected chi connectivity index (χ2v) is 0.768. The van der Waals surface area contributed by atoms with Gasteiger partial charge in [0.2, 0.25) is 0 Å². The van der Waals surface area contributed by atoms with Gasteiger partial charge in [0.25, 0.3) is 0 Å². The molecule has 0 saturated carbocycles. The number of hydrazine groups is 1. The second kappa shape index (κ2) is 3.35. The molecule has 0 aliphatic carbocycles. The summed E-state index contributed by atoms with van der Waals surface area (Å²) in [4.78, 5) is 4.37. The summed E-state index contributed by atoms with van der Waals surface area (Å²) in [6.07, 6.45) is 0. The third-order valence-electron chi connectivity index (χ3n) is 0.351. The Morgan fingerprint density at radius 3 is 2.57 bits per heavy atom. The number of hydrogen-bond acceptors (Lipinski definition) is 3. The highest BCUT2D eigenvalue weighted by Gasteiger charge is 1.79. The van der Waals surface area contributed by atoms with Gasteiger partial charge in [-0.1, -0.05) is 0 Å². The average Bonchev–Trinajstić information content (AvgIpc) is 1.68. The lowest BCUT2D eigenvalue weighted by Gasteiger charge is -1.94. The predicted octanol–water partition coefficient (Wildman–Crippen LogP) is -0.355. The summed E-state index contributed by atoms with van der Waals surface area (Å²) in [5.74, 6) is 0. The fraction of sp³-hybridized carbons (Fsp3) is 1.00. The largest absolute Gasteiger partial charge is 0.570 e. The standard InChI is InChI=1S/C2H7N3O2/c1-3-5(6)4-7-2/h1-2H3,(H,3,4). The molecule has 0 aliphatic heterocycles. The Morgan fingerprint density at radius 1 is 1.86 bits per heavy atom. The van der Waals surface area contributed by atoms with Gasteiger partial charge in [-0.05, 0) is 10.7 Å². The minimum absolute atomic E-state index is 0.208. The third kappa shape index (κ3) is 2.98. The summed E-state index contributed by atoms with van der Waals surface area (Å²) in [6.45, 7) is 0. The molecule has 0 bridgehead atoms. The van der Waals surface area contributed by atoms with Crippen molar-refractivity contribution in [2.24, 2.45) is 5.11 Å². The van der Waals surface area contributed by atoms with Crippen LogP contribution in [0.15, 0.2) is 5.11 Å². The highest BCUT2D eigenvalue weighted by atomic mass is 16.7. The Morgan fingerprint density at radius 2 is 2.43 bits per heavy atom. The minimum atomic E-state index is 0.208. The maximum Gasteiger partial charge on any atom is 0.0954 e. The van der Waals surface area contributed by atoms with Crippen molar-refractivity contribution >= 4 is 0 Å². The van der Waals surface area contributed by atoms with E-state index < -0.39 is 0 Å². The molecule has 0 aromatic carbocycles. The van der Waals surface area contributed by atoms with E-state index in [-0.39, 0.29) is 4.97 Å². The van der Waals surface area contributed by atoms with Gasteiger partial charge in [0, 0.05) is 0 Å². The first-order valence-corrected chi connectivity index (χ1v) is 1.67. The number of nitrogens with zero attached hydrogens (tertiary/aromatic N) is 2. The summed E-state index contributed by atoms with van der Waals surface area (Å²) in [7, 11) is 2.68. The van der Waals surface area contributed by atoms with Crippen LogP contribution in [0.1, 0.15) is 0 Å². The molecule has 0 aliphatic rings. The Balaban J connectivity index is 3.17. The van der Waals surface area contributed by atoms with Gasteiger partial charge in [-0.25, -0.2) is 4.84 Å². The van der Waals surface area contributed by atoms with Gasteiger partial charge in [0.1, 0.15) is 0 Å². The Kier molecular flexibility index (Phi) is 2.95. The molecule has 0 aromatic rings. The molecule has 0 atom stereocenters. The average molecular weight is 105 g/mol. The topological polar surface area (TPSA) is 59.7 Å². The molecular formula is C2H7N3O2. The van der Waals surface area contributed by atoms with Crippen LogP contribution in [-0.2, 0) is 4.84 Å². The summed E-state index contributed by atoms with van der Waals surface area (Å²) < 4.78 is 0. The Labute approximate surface area is 41.1 Å². The van der Waals surface area contributed by atoms with E-state index in [9.17, 15) is 5.21 Å². The van der Waals surface area contributed by atoms with Gasteiger partial charge in [-0.3, -0.25) is 0 Å². The van der Waals surface area contributed by atoms with Gasteiger partial charge >= 0.3 is 0 Å². The van der Waals surface area contributed by atoms with Crippen LogP contribution in [0.5, 0.6) is 0 Å². The smallest absolute Gasteiger partial charge is 0.0954 e. The molecule has 5 heteroatoms. The minimum Gasteiger partial charge on any atom is -0.570 e. The van der Waals surface area contributed by atoms with Gasteiger partial charge in [0.15, 0.2) is 0 Å². The molecule has 0 radical (unpaired) electrons. The summed E-state index contributed by atoms with van der Waals surface area (Å²) in [5, 5.41) is 13.0. The van der Waals surface area contributed by atoms with Crippen molar-refractivity contribution in [3.8, 4) is 0 Å². The van der Waals surface area contributed by atoms with E-state index in [1.165, 1.54) is 14.2 Å². The molecule has 0 amide bonds. The number of rotatable bonds is 2. The van der Waals surface area contributed by atoms with E-state index in [0.29, 0.717) is 0 Å². The predicted molar refractivity (Wildman–Crippen MR) is 22.1 cm³/mol. The second-order valence-electron chi connectivity index (χ2n) is 0.768. The zero-order valence-corrected chi connectivity index (χ0v) is 4.21. The number of hydrogen-bond donors (Lipinski definition) is 1. The lowest BCUT2D eigenvalue weighted by atomic mass is 11.6. The molecule has 5 nitrogen and oxygen atoms in total. The van der Waals surface area contributed by atoms with Gasteiger partial charge in [-0.2, -0.15) is 0 Å². The highest BCUT2D eigenvalue weighted by Crippen LogP contribution is 1.60. The zero-order chi connectivity index (χ0) is 5.70. The lowest BCUT2D eigenvalue weighted by molar-refractivity contribution is -0.641. The molecule has 0 unspecified atom stereocenters. The third-order valence-corrected chi connectivity index (χ3v) is 0.351. The van der Waals surface area contributed by atoms with Crippen molar-refractivity contribution < 1.29 is 9.81 Å². The molecular weight excluding hydrogens is 98.0 g/mol. The van der Waals surface area contributed by atoms with E-state index in [0.717, 1.165) is 0 Å². The van der Waals surface area contributed by atoms with Crippen LogP contribution in [0.2, 0.25) is 0 Å². The molecule has 1 N–H and O–H groups in total. The molecule has 0 saturated heterocycles. The van der Waals surface area contributed by atoms with E-state index in [1.54, 1.807) is 0 Å². The fourth-order valence-electron chi connectivity index (χ4n) is 0.119. The van der Waals surface area contributed by atoms with E-state index in [4.69, 9.17) is 0 Å². The Bertz CT molecular complexity index is 71.3. The Hall–Kier alpha value is -0.840. The zero-order valence-electron chi connectivity index (χ0n) is 4.21. The van der Waals surface area contributed by atoms with E-state index in [1.807, 2.05) is 5.59 Å². The van der Waals surface area contributed by atoms with Crippen LogP contribution < -0.4 is 5.59 Å². The van der Waals surface area contributed by atoms with E-state index >= 15 is 0 Å². The normalized spacial score (nSPS) is 11.4. The first-order chi connectivity index (χ1) is 3.31. The highest BCUT2D eigenvalue weighted by molar-refractivity contribution is 3.89. The van der Waals surface area contributed by atoms with Crippen LogP contribution in [0.25, 0.3) is 0 Å². The molecule has 0 rings (SSSR count). The summed E-state index contributed by atoms with van der Waals surface area (Å²) in [5.41, 5.74) is 1.91. The SMILES string of the molecule is CN=[N+]([O-])NOC. The van der Waals surface area contributed by atoms with Crippen molar-refractivity contribution in [1.29, 1.82) is 0 Å². The van der Waals surface area contributed by atoms with Crippen molar-refractivity contribution in [2.75, 3.05) is 14.2 Å². The number of nitrogens with one attached hydrogen (secondary N) is 1. The van der Waals surface area contributed by atoms with Gasteiger partial charge in [0.05, 0.1) is 19.1 Å². The quantitative estimate of drug-likeness (QED) is 0.296. The van der Waals surface area contributed by atoms with Crippen molar-refractivity contribution in [3.05, 3.63) is 5.21 Å². The molecule has 0 heterocycles. The van der Waals surface area contributed by atoms with Gasteiger partial charge < -0.3 is 5.21 Å². The van der Waals surface area contributed by atoms with Crippen molar-refractivity contribution in [1.82, 2.24) is 5.59 Å². The van der Waals surface area contributed by atoms with Crippen molar-refractivity contribution in [3.63, 3.8) is 0 Å². The van der Waals surface area contributed by atoms with Crippen LogP contribution >= 0.6 is 0 Å². The van der Waals surface area contributed by atoms with Gasteiger partial charge in [-0.15, -0.1) is 0 Å². The summed E-state index contributed by atoms with van der Waals surface area (Å²) >= 11 is 0. The molecule has 0 fully saturated rings. The summed E-state index contributed by atoms with van der Waals surface area (Å²) in [6, 6.07) is 0. The first-order valence-electron chi connectivity index (χ1n) is 1.67. The fourth-order valence-corrected chi connectivity index (χ4v) is 0.119. The van der Waals surface area contributed by atoms with Crippen molar-refractivity contribution in [2.45, 2.75) is 0 Å². The van der Waals surface area contributed by atoms with Crippen LogP contribution in [0.3, 0.4) is 0 Å². The molecule has 7 heavy (non-hydrogen) atoms. The maximum absolute atomic E-state index is 9.93. The molecule has 0 spiro atoms. The van der Waals surface area contributed by atoms with E-state index in [2.05, 4.69) is 9.95 Å².